The number of rotatable bonds is 1. The second kappa shape index (κ2) is 3.32. The average molecular weight is 274 g/mol. The van der Waals surface area contributed by atoms with E-state index in [1.165, 1.54) is 16.1 Å². The van der Waals surface area contributed by atoms with Crippen molar-refractivity contribution < 1.29 is 5.11 Å². The molecule has 0 saturated heterocycles. The molecule has 0 N–H and O–H groups in total. The number of thiophene rings is 1. The molecule has 0 aliphatic heterocycles. The normalized spacial score (nSPS) is 10.8. The molecule has 2 aromatic rings. The van der Waals surface area contributed by atoms with Gasteiger partial charge in [0.25, 0.3) is 0 Å². The zero-order chi connectivity index (χ0) is 10.3. The van der Waals surface area contributed by atoms with E-state index in [2.05, 4.69) is 31.3 Å². The number of halogens is 1. The standard InChI is InChI=1S/C7H6BrN4OS/c1-3-4(13)5(14-6(3)8)7-9-11-12(2)10-7/h1-2H3. The number of hydrogen-bond donors (Lipinski definition) is 0. The van der Waals surface area contributed by atoms with Gasteiger partial charge in [0.15, 0.2) is 0 Å². The van der Waals surface area contributed by atoms with E-state index in [0.717, 1.165) is 3.79 Å². The monoisotopic (exact) mass is 273 g/mol. The van der Waals surface area contributed by atoms with Crippen LogP contribution in [0.5, 0.6) is 5.75 Å². The summed E-state index contributed by atoms with van der Waals surface area (Å²) >= 11 is 4.64. The highest BCUT2D eigenvalue weighted by Crippen LogP contribution is 2.42. The first-order chi connectivity index (χ1) is 6.59. The van der Waals surface area contributed by atoms with E-state index < -0.39 is 0 Å². The molecule has 0 aliphatic carbocycles. The Morgan fingerprint density at radius 3 is 2.64 bits per heavy atom. The van der Waals surface area contributed by atoms with Crippen LogP contribution < -0.4 is 0 Å². The van der Waals surface area contributed by atoms with Crippen molar-refractivity contribution in [1.82, 2.24) is 20.2 Å². The topological polar surface area (TPSA) is 63.5 Å². The summed E-state index contributed by atoms with van der Waals surface area (Å²) in [6, 6.07) is 0. The molecule has 5 nitrogen and oxygen atoms in total. The van der Waals surface area contributed by atoms with Gasteiger partial charge in [0.1, 0.15) is 4.88 Å². The third-order valence-corrected chi connectivity index (χ3v) is 3.88. The molecule has 73 valence electrons. The maximum Gasteiger partial charge on any atom is 0.218 e. The molecule has 0 atom stereocenters. The van der Waals surface area contributed by atoms with Gasteiger partial charge in [0.2, 0.25) is 11.6 Å². The van der Waals surface area contributed by atoms with Crippen molar-refractivity contribution in [3.8, 4) is 16.5 Å². The Morgan fingerprint density at radius 2 is 2.21 bits per heavy atom. The molecule has 2 heterocycles. The molecule has 0 saturated carbocycles. The maximum absolute atomic E-state index is 11.7. The molecule has 0 amide bonds. The lowest BCUT2D eigenvalue weighted by Gasteiger charge is -1.86. The quantitative estimate of drug-likeness (QED) is 0.800. The summed E-state index contributed by atoms with van der Waals surface area (Å²) in [5, 5.41) is 23.1. The highest BCUT2D eigenvalue weighted by atomic mass is 79.9. The van der Waals surface area contributed by atoms with Crippen LogP contribution >= 0.6 is 27.3 Å². The number of nitrogens with zero attached hydrogens (tertiary/aromatic N) is 4. The van der Waals surface area contributed by atoms with Crippen molar-refractivity contribution in [3.05, 3.63) is 9.35 Å². The second-order valence-electron chi connectivity index (χ2n) is 2.76. The molecule has 0 fully saturated rings. The summed E-state index contributed by atoms with van der Waals surface area (Å²) in [6.07, 6.45) is 0. The lowest BCUT2D eigenvalue weighted by atomic mass is 10.3. The van der Waals surface area contributed by atoms with E-state index in [1.807, 2.05) is 0 Å². The van der Waals surface area contributed by atoms with Gasteiger partial charge in [-0.3, -0.25) is 5.11 Å². The van der Waals surface area contributed by atoms with Gasteiger partial charge in [-0.05, 0) is 28.1 Å². The summed E-state index contributed by atoms with van der Waals surface area (Å²) in [4.78, 5) is 1.86. The van der Waals surface area contributed by atoms with E-state index in [-0.39, 0.29) is 5.75 Å². The van der Waals surface area contributed by atoms with Crippen molar-refractivity contribution in [2.45, 2.75) is 6.92 Å². The van der Waals surface area contributed by atoms with Crippen LogP contribution in [0.1, 0.15) is 5.56 Å². The molecule has 2 rings (SSSR count). The van der Waals surface area contributed by atoms with Crippen LogP contribution in [-0.2, 0) is 12.2 Å². The Morgan fingerprint density at radius 1 is 1.50 bits per heavy atom. The Bertz CT molecular complexity index is 478. The number of aryl methyl sites for hydroxylation is 1. The van der Waals surface area contributed by atoms with Crippen molar-refractivity contribution in [1.29, 1.82) is 0 Å². The predicted molar refractivity (Wildman–Crippen MR) is 54.7 cm³/mol. The van der Waals surface area contributed by atoms with Crippen molar-refractivity contribution in [2.75, 3.05) is 0 Å². The molecule has 1 radical (unpaired) electrons. The smallest absolute Gasteiger partial charge is 0.218 e. The van der Waals surface area contributed by atoms with Gasteiger partial charge < -0.3 is 0 Å². The zero-order valence-electron chi connectivity index (χ0n) is 7.48. The molecule has 0 spiro atoms. The lowest BCUT2D eigenvalue weighted by Crippen LogP contribution is -1.91. The van der Waals surface area contributed by atoms with Gasteiger partial charge in [-0.1, -0.05) is 0 Å². The summed E-state index contributed by atoms with van der Waals surface area (Å²) < 4.78 is 0.824. The Hall–Kier alpha value is -0.950. The lowest BCUT2D eigenvalue weighted by molar-refractivity contribution is 0.355. The first-order valence-corrected chi connectivity index (χ1v) is 5.41. The third-order valence-electron chi connectivity index (χ3n) is 1.74. The maximum atomic E-state index is 11.7. The van der Waals surface area contributed by atoms with Crippen LogP contribution in [0.15, 0.2) is 3.79 Å². The van der Waals surface area contributed by atoms with Crippen LogP contribution in [0.25, 0.3) is 10.7 Å². The van der Waals surface area contributed by atoms with Gasteiger partial charge in [-0.2, -0.15) is 4.80 Å². The third kappa shape index (κ3) is 1.42. The Labute approximate surface area is 92.5 Å². The number of aromatic nitrogens is 4. The molecule has 0 aliphatic rings. The van der Waals surface area contributed by atoms with Crippen LogP contribution in [0.4, 0.5) is 0 Å². The van der Waals surface area contributed by atoms with E-state index in [4.69, 9.17) is 0 Å². The highest BCUT2D eigenvalue weighted by Gasteiger charge is 2.19. The van der Waals surface area contributed by atoms with Crippen LogP contribution in [0.3, 0.4) is 0 Å². The fourth-order valence-electron chi connectivity index (χ4n) is 0.994. The summed E-state index contributed by atoms with van der Waals surface area (Å²) in [7, 11) is 1.66. The largest absolute Gasteiger partial charge is 0.288 e. The van der Waals surface area contributed by atoms with E-state index >= 15 is 0 Å². The van der Waals surface area contributed by atoms with Gasteiger partial charge in [-0.25, -0.2) is 0 Å². The molecular weight excluding hydrogens is 268 g/mol. The first kappa shape index (κ1) is 9.60. The zero-order valence-corrected chi connectivity index (χ0v) is 9.89. The number of hydrogen-bond acceptors (Lipinski definition) is 4. The molecule has 7 heteroatoms. The van der Waals surface area contributed by atoms with Crippen LogP contribution in [0, 0.1) is 6.92 Å². The summed E-state index contributed by atoms with van der Waals surface area (Å²) in [6.45, 7) is 1.77. The van der Waals surface area contributed by atoms with Gasteiger partial charge in [0.05, 0.1) is 10.8 Å². The minimum absolute atomic E-state index is 0.0325. The van der Waals surface area contributed by atoms with Crippen LogP contribution in [-0.4, -0.2) is 20.2 Å². The first-order valence-electron chi connectivity index (χ1n) is 3.80. The van der Waals surface area contributed by atoms with Crippen molar-refractivity contribution in [3.63, 3.8) is 0 Å². The molecule has 0 unspecified atom stereocenters. The summed E-state index contributed by atoms with van der Waals surface area (Å²) in [5.74, 6) is 0.353. The molecule has 0 bridgehead atoms. The van der Waals surface area contributed by atoms with E-state index in [0.29, 0.717) is 16.3 Å². The molecule has 0 aromatic carbocycles. The number of tetrazole rings is 1. The molecular formula is C7H6BrN4OS. The van der Waals surface area contributed by atoms with Gasteiger partial charge in [-0.15, -0.1) is 21.5 Å². The fourth-order valence-corrected chi connectivity index (χ4v) is 2.50. The highest BCUT2D eigenvalue weighted by molar-refractivity contribution is 9.11. The molecule has 2 aromatic heterocycles. The Kier molecular flexibility index (Phi) is 2.28. The summed E-state index contributed by atoms with van der Waals surface area (Å²) in [5.41, 5.74) is 0.692. The van der Waals surface area contributed by atoms with Gasteiger partial charge in [0, 0.05) is 5.56 Å². The van der Waals surface area contributed by atoms with E-state index in [9.17, 15) is 5.11 Å². The van der Waals surface area contributed by atoms with Gasteiger partial charge >= 0.3 is 0 Å². The fraction of sp³-hybridized carbons (Fsp3) is 0.286. The van der Waals surface area contributed by atoms with E-state index in [1.54, 1.807) is 14.0 Å². The van der Waals surface area contributed by atoms with Crippen molar-refractivity contribution in [2.24, 2.45) is 7.05 Å². The second-order valence-corrected chi connectivity index (χ2v) is 5.10. The van der Waals surface area contributed by atoms with Crippen LogP contribution in [0.2, 0.25) is 0 Å². The average Bonchev–Trinajstić information content (AvgIpc) is 2.66. The predicted octanol–water partition coefficient (Wildman–Crippen LogP) is 2.15. The van der Waals surface area contributed by atoms with Crippen molar-refractivity contribution >= 4 is 27.3 Å². The minimum Gasteiger partial charge on any atom is -0.288 e. The minimum atomic E-state index is -0.0325. The SMILES string of the molecule is Cc1c(Br)sc(-c2nnn(C)n2)c1[O]. The Balaban J connectivity index is 2.57. The molecule has 14 heavy (non-hydrogen) atoms.